The Bertz CT molecular complexity index is 427. The van der Waals surface area contributed by atoms with E-state index in [1.165, 1.54) is 19.3 Å². The van der Waals surface area contributed by atoms with E-state index in [9.17, 15) is 0 Å². The zero-order valence-electron chi connectivity index (χ0n) is 13.3. The van der Waals surface area contributed by atoms with Crippen molar-refractivity contribution < 1.29 is 0 Å². The van der Waals surface area contributed by atoms with Crippen molar-refractivity contribution in [1.82, 2.24) is 15.3 Å². The van der Waals surface area contributed by atoms with E-state index in [1.54, 1.807) is 0 Å². The molecular weight excluding hydrogens is 266 g/mol. The Kier molecular flexibility index (Phi) is 5.44. The number of thioether (sulfide) groups is 1. The van der Waals surface area contributed by atoms with E-state index in [1.807, 2.05) is 31.7 Å². The minimum Gasteiger partial charge on any atom is -0.316 e. The van der Waals surface area contributed by atoms with Crippen LogP contribution in [0, 0.1) is 25.7 Å². The van der Waals surface area contributed by atoms with E-state index in [0.717, 1.165) is 28.4 Å². The molecule has 112 valence electrons. The molecule has 0 spiro atoms. The van der Waals surface area contributed by atoms with Gasteiger partial charge < -0.3 is 5.32 Å². The summed E-state index contributed by atoms with van der Waals surface area (Å²) >= 11 is 1.86. The maximum atomic E-state index is 4.59. The number of hydrogen-bond acceptors (Lipinski definition) is 4. The van der Waals surface area contributed by atoms with Crippen molar-refractivity contribution >= 4 is 11.8 Å². The van der Waals surface area contributed by atoms with Gasteiger partial charge in [0.25, 0.3) is 0 Å². The van der Waals surface area contributed by atoms with Crippen molar-refractivity contribution in [3.8, 4) is 0 Å². The highest BCUT2D eigenvalue weighted by molar-refractivity contribution is 7.99. The molecule has 1 saturated carbocycles. The van der Waals surface area contributed by atoms with Crippen LogP contribution >= 0.6 is 11.8 Å². The van der Waals surface area contributed by atoms with Crippen molar-refractivity contribution in [2.75, 3.05) is 7.05 Å². The molecule has 3 nitrogen and oxygen atoms in total. The molecule has 0 aromatic carbocycles. The van der Waals surface area contributed by atoms with Crippen LogP contribution in [0.4, 0.5) is 0 Å². The zero-order valence-corrected chi connectivity index (χ0v) is 14.1. The number of aromatic nitrogens is 2. The van der Waals surface area contributed by atoms with Gasteiger partial charge >= 0.3 is 0 Å². The molecule has 0 amide bonds. The lowest BCUT2D eigenvalue weighted by molar-refractivity contribution is 0.251. The Morgan fingerprint density at radius 3 is 2.40 bits per heavy atom. The van der Waals surface area contributed by atoms with Crippen LogP contribution in [-0.2, 0) is 0 Å². The van der Waals surface area contributed by atoms with Gasteiger partial charge in [0.1, 0.15) is 0 Å². The van der Waals surface area contributed by atoms with Crippen molar-refractivity contribution in [3.05, 3.63) is 17.5 Å². The van der Waals surface area contributed by atoms with Crippen molar-refractivity contribution in [1.29, 1.82) is 0 Å². The minimum atomic E-state index is 0.583. The molecule has 0 saturated heterocycles. The molecule has 1 fully saturated rings. The molecule has 1 aromatic rings. The van der Waals surface area contributed by atoms with Gasteiger partial charge in [-0.15, -0.1) is 0 Å². The standard InChI is InChI=1S/C16H27N3S/c1-10(2)13-6-7-14(17-5)15(9-13)20-16-18-11(3)8-12(4)19-16/h8,10,13-15,17H,6-7,9H2,1-5H3. The number of hydrogen-bond donors (Lipinski definition) is 1. The summed E-state index contributed by atoms with van der Waals surface area (Å²) in [7, 11) is 2.08. The lowest BCUT2D eigenvalue weighted by Gasteiger charge is -2.37. The van der Waals surface area contributed by atoms with Gasteiger partial charge in [0.05, 0.1) is 0 Å². The lowest BCUT2D eigenvalue weighted by Crippen LogP contribution is -2.41. The van der Waals surface area contributed by atoms with E-state index in [0.29, 0.717) is 11.3 Å². The molecule has 20 heavy (non-hydrogen) atoms. The Labute approximate surface area is 127 Å². The van der Waals surface area contributed by atoms with Crippen LogP contribution in [0.1, 0.15) is 44.5 Å². The summed E-state index contributed by atoms with van der Waals surface area (Å²) in [4.78, 5) is 9.18. The molecule has 2 rings (SSSR count). The van der Waals surface area contributed by atoms with Crippen molar-refractivity contribution in [2.45, 2.75) is 63.4 Å². The van der Waals surface area contributed by atoms with Crippen LogP contribution in [0.2, 0.25) is 0 Å². The van der Waals surface area contributed by atoms with Gasteiger partial charge in [0.15, 0.2) is 5.16 Å². The molecule has 1 N–H and O–H groups in total. The topological polar surface area (TPSA) is 37.8 Å². The summed E-state index contributed by atoms with van der Waals surface area (Å²) in [6.45, 7) is 8.79. The Balaban J connectivity index is 2.11. The second kappa shape index (κ2) is 6.90. The fraction of sp³-hybridized carbons (Fsp3) is 0.750. The van der Waals surface area contributed by atoms with Crippen LogP contribution in [0.15, 0.2) is 11.2 Å². The van der Waals surface area contributed by atoms with Crippen LogP contribution in [0.3, 0.4) is 0 Å². The Morgan fingerprint density at radius 1 is 1.20 bits per heavy atom. The molecule has 3 unspecified atom stereocenters. The number of rotatable bonds is 4. The fourth-order valence-corrected chi connectivity index (χ4v) is 4.55. The maximum absolute atomic E-state index is 4.59. The van der Waals surface area contributed by atoms with Crippen LogP contribution in [0.5, 0.6) is 0 Å². The van der Waals surface area contributed by atoms with Gasteiger partial charge in [-0.3, -0.25) is 0 Å². The molecule has 0 aliphatic heterocycles. The normalized spacial score (nSPS) is 27.0. The molecule has 1 aromatic heterocycles. The summed E-state index contributed by atoms with van der Waals surface area (Å²) in [6, 6.07) is 2.62. The van der Waals surface area contributed by atoms with Gasteiger partial charge in [-0.1, -0.05) is 25.6 Å². The van der Waals surface area contributed by atoms with Gasteiger partial charge in [0.2, 0.25) is 0 Å². The Hall–Kier alpha value is -0.610. The lowest BCUT2D eigenvalue weighted by atomic mass is 9.79. The SMILES string of the molecule is CNC1CCC(C(C)C)CC1Sc1nc(C)cc(C)n1. The highest BCUT2D eigenvalue weighted by atomic mass is 32.2. The Morgan fingerprint density at radius 2 is 1.85 bits per heavy atom. The first-order valence-electron chi connectivity index (χ1n) is 7.65. The monoisotopic (exact) mass is 293 g/mol. The van der Waals surface area contributed by atoms with Gasteiger partial charge in [-0.25, -0.2) is 9.97 Å². The molecule has 4 heteroatoms. The molecule has 1 heterocycles. The predicted octanol–water partition coefficient (Wildman–Crippen LogP) is 3.60. The number of aryl methyl sites for hydroxylation is 2. The van der Waals surface area contributed by atoms with Crippen LogP contribution < -0.4 is 5.32 Å². The van der Waals surface area contributed by atoms with Crippen molar-refractivity contribution in [2.24, 2.45) is 11.8 Å². The first kappa shape index (κ1) is 15.8. The summed E-state index contributed by atoms with van der Waals surface area (Å²) in [6.07, 6.45) is 3.87. The highest BCUT2D eigenvalue weighted by Gasteiger charge is 2.32. The molecule has 0 bridgehead atoms. The second-order valence-corrected chi connectivity index (χ2v) is 7.51. The van der Waals surface area contributed by atoms with E-state index < -0.39 is 0 Å². The summed E-state index contributed by atoms with van der Waals surface area (Å²) in [5.41, 5.74) is 2.13. The second-order valence-electron chi connectivity index (χ2n) is 6.30. The first-order chi connectivity index (χ1) is 9.49. The third-order valence-corrected chi connectivity index (χ3v) is 5.58. The van der Waals surface area contributed by atoms with E-state index in [-0.39, 0.29) is 0 Å². The molecule has 1 aliphatic carbocycles. The summed E-state index contributed by atoms with van der Waals surface area (Å²) < 4.78 is 0. The van der Waals surface area contributed by atoms with Gasteiger partial charge in [-0.05, 0) is 58.1 Å². The number of nitrogens with one attached hydrogen (secondary N) is 1. The van der Waals surface area contributed by atoms with E-state index >= 15 is 0 Å². The summed E-state index contributed by atoms with van der Waals surface area (Å²) in [5, 5.41) is 5.01. The first-order valence-corrected chi connectivity index (χ1v) is 8.53. The third-order valence-electron chi connectivity index (χ3n) is 4.36. The predicted molar refractivity (Wildman–Crippen MR) is 86.2 cm³/mol. The molecular formula is C16H27N3S. The van der Waals surface area contributed by atoms with Crippen LogP contribution in [0.25, 0.3) is 0 Å². The average molecular weight is 293 g/mol. The smallest absolute Gasteiger partial charge is 0.188 e. The largest absolute Gasteiger partial charge is 0.316 e. The highest BCUT2D eigenvalue weighted by Crippen LogP contribution is 2.38. The fourth-order valence-electron chi connectivity index (χ4n) is 3.11. The quantitative estimate of drug-likeness (QED) is 0.861. The molecule has 0 radical (unpaired) electrons. The van der Waals surface area contributed by atoms with Gasteiger partial charge in [0, 0.05) is 22.7 Å². The average Bonchev–Trinajstić information content (AvgIpc) is 2.37. The molecule has 1 aliphatic rings. The molecule has 3 atom stereocenters. The zero-order chi connectivity index (χ0) is 14.7. The van der Waals surface area contributed by atoms with E-state index in [2.05, 4.69) is 36.2 Å². The van der Waals surface area contributed by atoms with Gasteiger partial charge in [-0.2, -0.15) is 0 Å². The minimum absolute atomic E-state index is 0.583. The maximum Gasteiger partial charge on any atom is 0.188 e. The number of nitrogens with zero attached hydrogens (tertiary/aromatic N) is 2. The van der Waals surface area contributed by atoms with E-state index in [4.69, 9.17) is 0 Å². The third kappa shape index (κ3) is 3.95. The van der Waals surface area contributed by atoms with Crippen LogP contribution in [-0.4, -0.2) is 28.3 Å². The van der Waals surface area contributed by atoms with Crippen molar-refractivity contribution in [3.63, 3.8) is 0 Å². The summed E-state index contributed by atoms with van der Waals surface area (Å²) in [5.74, 6) is 1.61.